The lowest BCUT2D eigenvalue weighted by atomic mass is 10.2. The van der Waals surface area contributed by atoms with Gasteiger partial charge in [-0.05, 0) is 37.3 Å². The molecule has 136 valence electrons. The van der Waals surface area contributed by atoms with Crippen LogP contribution in [0.1, 0.15) is 13.8 Å². The topological polar surface area (TPSA) is 99.3 Å². The molecule has 4 N–H and O–H groups in total. The van der Waals surface area contributed by atoms with Crippen molar-refractivity contribution in [3.8, 4) is 0 Å². The van der Waals surface area contributed by atoms with Gasteiger partial charge in [0.15, 0.2) is 0 Å². The molecule has 0 aliphatic rings. The summed E-state index contributed by atoms with van der Waals surface area (Å²) in [5.41, 5.74) is 0.968. The van der Waals surface area contributed by atoms with Crippen LogP contribution in [0.5, 0.6) is 0 Å². The van der Waals surface area contributed by atoms with Crippen molar-refractivity contribution in [1.29, 1.82) is 0 Å². The second-order valence-electron chi connectivity index (χ2n) is 5.55. The Morgan fingerprint density at radius 3 is 2.31 bits per heavy atom. The standard InChI is InChI=1S/C18H19FN4O3/c1-11(17(25)23-18(26)22-13-6-4-3-5-7-13)20-14-8-9-15(19)16(10-14)21-12(2)24/h3-11,20H,1-2H3,(H,21,24)(H2,22,23,25,26). The predicted molar refractivity (Wildman–Crippen MR) is 97.4 cm³/mol. The fraction of sp³-hybridized carbons (Fsp3) is 0.167. The van der Waals surface area contributed by atoms with Crippen LogP contribution in [0.3, 0.4) is 0 Å². The first-order valence-electron chi connectivity index (χ1n) is 7.85. The SMILES string of the molecule is CC(=O)Nc1cc(NC(C)C(=O)NC(=O)Nc2ccccc2)ccc1F. The molecule has 1 unspecified atom stereocenters. The van der Waals surface area contributed by atoms with Crippen molar-refractivity contribution in [2.75, 3.05) is 16.0 Å². The summed E-state index contributed by atoms with van der Waals surface area (Å²) in [7, 11) is 0. The van der Waals surface area contributed by atoms with E-state index in [4.69, 9.17) is 0 Å². The molecule has 1 atom stereocenters. The Bertz CT molecular complexity index is 811. The number of imide groups is 1. The van der Waals surface area contributed by atoms with Gasteiger partial charge in [0.1, 0.15) is 11.9 Å². The molecule has 26 heavy (non-hydrogen) atoms. The van der Waals surface area contributed by atoms with Crippen LogP contribution in [0, 0.1) is 5.82 Å². The second kappa shape index (κ2) is 8.61. The predicted octanol–water partition coefficient (Wildman–Crippen LogP) is 2.93. The number of amides is 4. The molecule has 0 radical (unpaired) electrons. The Labute approximate surface area is 150 Å². The van der Waals surface area contributed by atoms with Gasteiger partial charge < -0.3 is 16.0 Å². The maximum atomic E-state index is 13.6. The zero-order chi connectivity index (χ0) is 19.1. The Morgan fingerprint density at radius 2 is 1.65 bits per heavy atom. The summed E-state index contributed by atoms with van der Waals surface area (Å²) < 4.78 is 13.6. The summed E-state index contributed by atoms with van der Waals surface area (Å²) in [4.78, 5) is 35.0. The highest BCUT2D eigenvalue weighted by molar-refractivity contribution is 6.03. The van der Waals surface area contributed by atoms with Gasteiger partial charge in [0.2, 0.25) is 11.8 Å². The second-order valence-corrected chi connectivity index (χ2v) is 5.55. The van der Waals surface area contributed by atoms with Crippen LogP contribution in [0.4, 0.5) is 26.2 Å². The lowest BCUT2D eigenvalue weighted by Crippen LogP contribution is -2.42. The largest absolute Gasteiger partial charge is 0.374 e. The molecule has 0 aromatic heterocycles. The first-order chi connectivity index (χ1) is 12.3. The van der Waals surface area contributed by atoms with E-state index in [1.165, 1.54) is 25.1 Å². The highest BCUT2D eigenvalue weighted by Gasteiger charge is 2.16. The number of nitrogens with one attached hydrogen (secondary N) is 4. The molecule has 0 aliphatic heterocycles. The van der Waals surface area contributed by atoms with Gasteiger partial charge in [-0.1, -0.05) is 18.2 Å². The summed E-state index contributed by atoms with van der Waals surface area (Å²) >= 11 is 0. The molecular weight excluding hydrogens is 339 g/mol. The number of para-hydroxylation sites is 1. The number of urea groups is 1. The maximum Gasteiger partial charge on any atom is 0.325 e. The lowest BCUT2D eigenvalue weighted by Gasteiger charge is -2.16. The number of carbonyl (C=O) groups excluding carboxylic acids is 3. The van der Waals surface area contributed by atoms with Crippen LogP contribution in [0.15, 0.2) is 48.5 Å². The molecular formula is C18H19FN4O3. The molecule has 0 saturated heterocycles. The van der Waals surface area contributed by atoms with Gasteiger partial charge in [-0.3, -0.25) is 14.9 Å². The normalized spacial score (nSPS) is 11.2. The molecule has 2 aromatic rings. The van der Waals surface area contributed by atoms with E-state index in [0.717, 1.165) is 0 Å². The van der Waals surface area contributed by atoms with E-state index in [0.29, 0.717) is 11.4 Å². The first kappa shape index (κ1) is 18.9. The third-order valence-electron chi connectivity index (χ3n) is 3.32. The molecule has 0 heterocycles. The minimum Gasteiger partial charge on any atom is -0.374 e. The summed E-state index contributed by atoms with van der Waals surface area (Å²) in [5.74, 6) is -1.57. The van der Waals surface area contributed by atoms with Crippen molar-refractivity contribution in [3.05, 3.63) is 54.3 Å². The molecule has 0 bridgehead atoms. The van der Waals surface area contributed by atoms with Crippen molar-refractivity contribution in [2.45, 2.75) is 19.9 Å². The highest BCUT2D eigenvalue weighted by atomic mass is 19.1. The summed E-state index contributed by atoms with van der Waals surface area (Å²) in [6.45, 7) is 2.81. The Kier molecular flexibility index (Phi) is 6.26. The van der Waals surface area contributed by atoms with Crippen molar-refractivity contribution in [3.63, 3.8) is 0 Å². The highest BCUT2D eigenvalue weighted by Crippen LogP contribution is 2.20. The number of rotatable bonds is 5. The molecule has 8 heteroatoms. The third kappa shape index (κ3) is 5.59. The first-order valence-corrected chi connectivity index (χ1v) is 7.85. The Balaban J connectivity index is 1.94. The van der Waals surface area contributed by atoms with Crippen LogP contribution in [-0.2, 0) is 9.59 Å². The zero-order valence-electron chi connectivity index (χ0n) is 14.3. The number of carbonyl (C=O) groups is 3. The smallest absolute Gasteiger partial charge is 0.325 e. The molecule has 0 fully saturated rings. The number of benzene rings is 2. The van der Waals surface area contributed by atoms with E-state index in [1.54, 1.807) is 37.3 Å². The number of halogens is 1. The minimum atomic E-state index is -0.771. The fourth-order valence-electron chi connectivity index (χ4n) is 2.12. The molecule has 0 saturated carbocycles. The van der Waals surface area contributed by atoms with E-state index >= 15 is 0 Å². The third-order valence-corrected chi connectivity index (χ3v) is 3.32. The zero-order valence-corrected chi connectivity index (χ0v) is 14.3. The minimum absolute atomic E-state index is 0.00284. The summed E-state index contributed by atoms with van der Waals surface area (Å²) in [6, 6.07) is 11.2. The lowest BCUT2D eigenvalue weighted by molar-refractivity contribution is -0.120. The van der Waals surface area contributed by atoms with E-state index in [-0.39, 0.29) is 5.69 Å². The van der Waals surface area contributed by atoms with Gasteiger partial charge in [0.05, 0.1) is 5.69 Å². The average Bonchev–Trinajstić information content (AvgIpc) is 2.58. The summed E-state index contributed by atoms with van der Waals surface area (Å²) in [5, 5.41) is 9.94. The molecule has 0 aliphatic carbocycles. The quantitative estimate of drug-likeness (QED) is 0.660. The van der Waals surface area contributed by atoms with Gasteiger partial charge in [0.25, 0.3) is 0 Å². The fourth-order valence-corrected chi connectivity index (χ4v) is 2.12. The molecule has 2 aromatic carbocycles. The molecule has 4 amide bonds. The Hall–Kier alpha value is -3.42. The molecule has 7 nitrogen and oxygen atoms in total. The average molecular weight is 358 g/mol. The Morgan fingerprint density at radius 1 is 0.962 bits per heavy atom. The van der Waals surface area contributed by atoms with Gasteiger partial charge >= 0.3 is 6.03 Å². The van der Waals surface area contributed by atoms with Crippen molar-refractivity contribution in [2.24, 2.45) is 0 Å². The van der Waals surface area contributed by atoms with Crippen molar-refractivity contribution >= 4 is 34.9 Å². The summed E-state index contributed by atoms with van der Waals surface area (Å²) in [6.07, 6.45) is 0. The van der Waals surface area contributed by atoms with E-state index in [1.807, 2.05) is 0 Å². The number of hydrogen-bond donors (Lipinski definition) is 4. The molecule has 2 rings (SSSR count). The monoisotopic (exact) mass is 358 g/mol. The van der Waals surface area contributed by atoms with E-state index < -0.39 is 29.7 Å². The molecule has 0 spiro atoms. The van der Waals surface area contributed by atoms with Crippen LogP contribution < -0.4 is 21.3 Å². The number of anilines is 3. The van der Waals surface area contributed by atoms with Crippen molar-refractivity contribution in [1.82, 2.24) is 5.32 Å². The van der Waals surface area contributed by atoms with Crippen LogP contribution in [-0.4, -0.2) is 23.9 Å². The van der Waals surface area contributed by atoms with Crippen LogP contribution >= 0.6 is 0 Å². The number of hydrogen-bond acceptors (Lipinski definition) is 4. The van der Waals surface area contributed by atoms with Crippen LogP contribution in [0.2, 0.25) is 0 Å². The van der Waals surface area contributed by atoms with Crippen molar-refractivity contribution < 1.29 is 18.8 Å². The van der Waals surface area contributed by atoms with Crippen LogP contribution in [0.25, 0.3) is 0 Å². The van der Waals surface area contributed by atoms with E-state index in [2.05, 4.69) is 21.3 Å². The van der Waals surface area contributed by atoms with Gasteiger partial charge in [-0.2, -0.15) is 0 Å². The van der Waals surface area contributed by atoms with Gasteiger partial charge in [0, 0.05) is 18.3 Å². The van der Waals surface area contributed by atoms with Gasteiger partial charge in [-0.15, -0.1) is 0 Å². The maximum absolute atomic E-state index is 13.6. The van der Waals surface area contributed by atoms with Gasteiger partial charge in [-0.25, -0.2) is 9.18 Å². The van der Waals surface area contributed by atoms with E-state index in [9.17, 15) is 18.8 Å².